The van der Waals surface area contributed by atoms with Gasteiger partial charge in [0.1, 0.15) is 6.04 Å². The van der Waals surface area contributed by atoms with E-state index in [2.05, 4.69) is 5.32 Å². The van der Waals surface area contributed by atoms with Gasteiger partial charge in [-0.3, -0.25) is 14.9 Å². The van der Waals surface area contributed by atoms with Gasteiger partial charge in [0.15, 0.2) is 0 Å². The zero-order valence-corrected chi connectivity index (χ0v) is 11.2. The Morgan fingerprint density at radius 1 is 1.48 bits per heavy atom. The number of rotatable bonds is 4. The zero-order valence-electron chi connectivity index (χ0n) is 11.2. The van der Waals surface area contributed by atoms with Crippen LogP contribution in [0.3, 0.4) is 0 Å². The van der Waals surface area contributed by atoms with Crippen LogP contribution in [0.15, 0.2) is 24.3 Å². The number of carbonyl (C=O) groups excluding carboxylic acids is 1. The molecule has 1 aliphatic rings. The van der Waals surface area contributed by atoms with Gasteiger partial charge in [-0.25, -0.2) is 4.79 Å². The van der Waals surface area contributed by atoms with E-state index in [1.165, 1.54) is 23.1 Å². The maximum Gasteiger partial charge on any atom is 0.327 e. The summed E-state index contributed by atoms with van der Waals surface area (Å²) in [6.45, 7) is 1.05. The van der Waals surface area contributed by atoms with Crippen LogP contribution in [0.1, 0.15) is 5.56 Å². The summed E-state index contributed by atoms with van der Waals surface area (Å²) in [5, 5.41) is 22.7. The molecule has 1 saturated heterocycles. The van der Waals surface area contributed by atoms with E-state index in [1.54, 1.807) is 6.07 Å². The molecule has 1 aromatic carbocycles. The molecule has 0 aromatic heterocycles. The predicted molar refractivity (Wildman–Crippen MR) is 72.8 cm³/mol. The third-order valence-corrected chi connectivity index (χ3v) is 3.33. The highest BCUT2D eigenvalue weighted by atomic mass is 16.6. The number of non-ortho nitro benzene ring substituents is 1. The summed E-state index contributed by atoms with van der Waals surface area (Å²) in [5.41, 5.74) is 0.410. The van der Waals surface area contributed by atoms with Gasteiger partial charge in [-0.1, -0.05) is 12.1 Å². The van der Waals surface area contributed by atoms with Crippen LogP contribution in [0, 0.1) is 10.1 Å². The zero-order chi connectivity index (χ0) is 15.4. The molecular weight excluding hydrogens is 278 g/mol. The number of benzene rings is 1. The van der Waals surface area contributed by atoms with Crippen molar-refractivity contribution in [2.75, 3.05) is 19.6 Å². The molecule has 112 valence electrons. The lowest BCUT2D eigenvalue weighted by Gasteiger charge is -2.33. The van der Waals surface area contributed by atoms with E-state index in [1.807, 2.05) is 0 Å². The minimum atomic E-state index is -1.06. The number of hydrogen-bond acceptors (Lipinski definition) is 5. The van der Waals surface area contributed by atoms with E-state index in [-0.39, 0.29) is 24.6 Å². The Labute approximate surface area is 120 Å². The number of carboxylic acids is 1. The summed E-state index contributed by atoms with van der Waals surface area (Å²) in [4.78, 5) is 34.9. The molecule has 1 heterocycles. The fourth-order valence-corrected chi connectivity index (χ4v) is 2.28. The number of nitro benzene ring substituents is 1. The highest BCUT2D eigenvalue weighted by Gasteiger charge is 2.31. The first-order valence-corrected chi connectivity index (χ1v) is 6.45. The largest absolute Gasteiger partial charge is 0.480 e. The quantitative estimate of drug-likeness (QED) is 0.598. The number of piperazine rings is 1. The minimum absolute atomic E-state index is 0.0501. The average molecular weight is 293 g/mol. The first kappa shape index (κ1) is 14.9. The summed E-state index contributed by atoms with van der Waals surface area (Å²) in [6, 6.07) is 4.90. The summed E-state index contributed by atoms with van der Waals surface area (Å²) >= 11 is 0. The predicted octanol–water partition coefficient (Wildman–Crippen LogP) is 0.0223. The maximum absolute atomic E-state index is 12.2. The Morgan fingerprint density at radius 2 is 2.24 bits per heavy atom. The molecule has 2 N–H and O–H groups in total. The monoisotopic (exact) mass is 293 g/mol. The van der Waals surface area contributed by atoms with Crippen LogP contribution < -0.4 is 5.32 Å². The van der Waals surface area contributed by atoms with Gasteiger partial charge in [0.25, 0.3) is 5.69 Å². The van der Waals surface area contributed by atoms with Crippen molar-refractivity contribution >= 4 is 17.6 Å². The molecule has 1 aromatic rings. The van der Waals surface area contributed by atoms with Gasteiger partial charge < -0.3 is 15.3 Å². The molecule has 8 heteroatoms. The van der Waals surface area contributed by atoms with Crippen LogP contribution in [0.25, 0.3) is 0 Å². The lowest BCUT2D eigenvalue weighted by atomic mass is 10.1. The van der Waals surface area contributed by atoms with Crippen molar-refractivity contribution in [1.82, 2.24) is 10.2 Å². The van der Waals surface area contributed by atoms with Gasteiger partial charge in [0.05, 0.1) is 11.3 Å². The van der Waals surface area contributed by atoms with Crippen LogP contribution in [0.4, 0.5) is 5.69 Å². The Bertz CT molecular complexity index is 575. The maximum atomic E-state index is 12.2. The highest BCUT2D eigenvalue weighted by Crippen LogP contribution is 2.15. The van der Waals surface area contributed by atoms with Crippen LogP contribution in [-0.4, -0.2) is 52.5 Å². The summed E-state index contributed by atoms with van der Waals surface area (Å²) in [7, 11) is 0. The molecule has 8 nitrogen and oxygen atoms in total. The molecule has 1 fully saturated rings. The molecule has 1 aliphatic heterocycles. The van der Waals surface area contributed by atoms with Gasteiger partial charge >= 0.3 is 5.97 Å². The van der Waals surface area contributed by atoms with Gasteiger partial charge in [-0.05, 0) is 5.56 Å². The highest BCUT2D eigenvalue weighted by molar-refractivity contribution is 5.85. The normalized spacial score (nSPS) is 18.3. The molecular formula is C13H15N3O5. The van der Waals surface area contributed by atoms with Gasteiger partial charge in [-0.2, -0.15) is 0 Å². The van der Waals surface area contributed by atoms with E-state index < -0.39 is 16.9 Å². The topological polar surface area (TPSA) is 113 Å². The molecule has 0 spiro atoms. The number of carbonyl (C=O) groups is 2. The van der Waals surface area contributed by atoms with E-state index in [0.29, 0.717) is 18.7 Å². The van der Waals surface area contributed by atoms with Crippen LogP contribution in [-0.2, 0) is 16.0 Å². The van der Waals surface area contributed by atoms with Gasteiger partial charge in [0.2, 0.25) is 5.91 Å². The van der Waals surface area contributed by atoms with Crippen molar-refractivity contribution < 1.29 is 19.6 Å². The van der Waals surface area contributed by atoms with Crippen molar-refractivity contribution in [1.29, 1.82) is 0 Å². The van der Waals surface area contributed by atoms with Crippen LogP contribution in [0.2, 0.25) is 0 Å². The number of nitro groups is 1. The number of nitrogens with one attached hydrogen (secondary N) is 1. The number of aliphatic carboxylic acids is 1. The van der Waals surface area contributed by atoms with Crippen molar-refractivity contribution in [3.63, 3.8) is 0 Å². The number of nitrogens with zero attached hydrogens (tertiary/aromatic N) is 2. The third kappa shape index (κ3) is 3.54. The van der Waals surface area contributed by atoms with Gasteiger partial charge in [0, 0.05) is 31.8 Å². The Balaban J connectivity index is 2.11. The van der Waals surface area contributed by atoms with E-state index in [0.717, 1.165) is 0 Å². The molecule has 0 saturated carbocycles. The first-order chi connectivity index (χ1) is 9.99. The number of hydrogen-bond donors (Lipinski definition) is 2. The number of carboxylic acid groups (broad SMARTS) is 1. The standard InChI is InChI=1S/C13H15N3O5/c17-12(15-5-4-14-8-11(15)13(18)19)7-9-2-1-3-10(6-9)16(20)21/h1-3,6,11,14H,4-5,7-8H2,(H,18,19). The Morgan fingerprint density at radius 3 is 2.90 bits per heavy atom. The number of amides is 1. The van der Waals surface area contributed by atoms with Crippen LogP contribution >= 0.6 is 0 Å². The molecule has 2 rings (SSSR count). The Kier molecular flexibility index (Phi) is 4.49. The smallest absolute Gasteiger partial charge is 0.327 e. The summed E-state index contributed by atoms with van der Waals surface area (Å²) in [6.07, 6.45) is -0.0501. The molecule has 1 unspecified atom stereocenters. The SMILES string of the molecule is O=C(O)C1CNCCN1C(=O)Cc1cccc([N+](=O)[O-])c1. The second-order valence-electron chi connectivity index (χ2n) is 4.75. The fraction of sp³-hybridized carbons (Fsp3) is 0.385. The third-order valence-electron chi connectivity index (χ3n) is 3.33. The molecule has 1 atom stereocenters. The van der Waals surface area contributed by atoms with Crippen LogP contribution in [0.5, 0.6) is 0 Å². The van der Waals surface area contributed by atoms with Crippen molar-refractivity contribution in [3.05, 3.63) is 39.9 Å². The van der Waals surface area contributed by atoms with Crippen molar-refractivity contribution in [2.24, 2.45) is 0 Å². The molecule has 0 radical (unpaired) electrons. The lowest BCUT2D eigenvalue weighted by molar-refractivity contribution is -0.384. The Hall–Kier alpha value is -2.48. The average Bonchev–Trinajstić information content (AvgIpc) is 2.47. The van der Waals surface area contributed by atoms with E-state index in [4.69, 9.17) is 5.11 Å². The van der Waals surface area contributed by atoms with E-state index >= 15 is 0 Å². The van der Waals surface area contributed by atoms with Crippen molar-refractivity contribution in [3.8, 4) is 0 Å². The van der Waals surface area contributed by atoms with Gasteiger partial charge in [-0.15, -0.1) is 0 Å². The first-order valence-electron chi connectivity index (χ1n) is 6.45. The lowest BCUT2D eigenvalue weighted by Crippen LogP contribution is -2.57. The second kappa shape index (κ2) is 6.31. The van der Waals surface area contributed by atoms with Crippen molar-refractivity contribution in [2.45, 2.75) is 12.5 Å². The molecule has 21 heavy (non-hydrogen) atoms. The van der Waals surface area contributed by atoms with E-state index in [9.17, 15) is 19.7 Å². The molecule has 0 aliphatic carbocycles. The minimum Gasteiger partial charge on any atom is -0.480 e. The fourth-order valence-electron chi connectivity index (χ4n) is 2.28. The molecule has 0 bridgehead atoms. The molecule has 1 amide bonds. The second-order valence-corrected chi connectivity index (χ2v) is 4.75. The summed E-state index contributed by atoms with van der Waals surface area (Å²) < 4.78 is 0. The summed E-state index contributed by atoms with van der Waals surface area (Å²) in [5.74, 6) is -1.40.